The number of unbranched alkanes of at least 4 members (excludes halogenated alkanes) is 1. The van der Waals surface area contributed by atoms with Gasteiger partial charge in [-0.25, -0.2) is 12.8 Å². The van der Waals surface area contributed by atoms with Gasteiger partial charge in [0.2, 0.25) is 0 Å². The van der Waals surface area contributed by atoms with E-state index in [0.29, 0.717) is 29.7 Å². The predicted octanol–water partition coefficient (Wildman–Crippen LogP) is 4.70. The second-order valence-electron chi connectivity index (χ2n) is 7.96. The number of sulfone groups is 1. The second kappa shape index (κ2) is 8.44. The van der Waals surface area contributed by atoms with Gasteiger partial charge in [0.05, 0.1) is 23.9 Å². The van der Waals surface area contributed by atoms with Gasteiger partial charge in [0.25, 0.3) is 0 Å². The van der Waals surface area contributed by atoms with Gasteiger partial charge in [0, 0.05) is 11.3 Å². The molecule has 3 unspecified atom stereocenters. The Labute approximate surface area is 172 Å². The molecule has 2 aromatic rings. The van der Waals surface area contributed by atoms with Crippen molar-refractivity contribution >= 4 is 9.84 Å². The second-order valence-corrected chi connectivity index (χ2v) is 9.92. The zero-order valence-electron chi connectivity index (χ0n) is 17.2. The van der Waals surface area contributed by atoms with Gasteiger partial charge in [-0.3, -0.25) is 0 Å². The molecule has 0 radical (unpaired) electrons. The van der Waals surface area contributed by atoms with E-state index in [1.165, 1.54) is 19.2 Å². The highest BCUT2D eigenvalue weighted by Crippen LogP contribution is 2.49. The summed E-state index contributed by atoms with van der Waals surface area (Å²) in [5.41, 5.74) is 0.227. The molecule has 3 rings (SSSR count). The molecule has 2 aromatic carbocycles. The van der Waals surface area contributed by atoms with Crippen LogP contribution in [0, 0.1) is 11.2 Å². The first-order chi connectivity index (χ1) is 13.8. The lowest BCUT2D eigenvalue weighted by Crippen LogP contribution is -2.42. The number of aliphatic hydroxyl groups is 1. The minimum absolute atomic E-state index is 0.122. The molecular weight excluding hydrogens is 391 g/mol. The maximum absolute atomic E-state index is 14.1. The Morgan fingerprint density at radius 3 is 2.59 bits per heavy atom. The van der Waals surface area contributed by atoms with Crippen LogP contribution in [-0.4, -0.2) is 32.5 Å². The number of ether oxygens (including phenoxy) is 1. The predicted molar refractivity (Wildman–Crippen MR) is 112 cm³/mol. The molecule has 3 atom stereocenters. The number of rotatable bonds is 6. The molecule has 0 saturated carbocycles. The fourth-order valence-corrected chi connectivity index (χ4v) is 6.80. The minimum Gasteiger partial charge on any atom is -0.497 e. The number of benzene rings is 2. The monoisotopic (exact) mass is 420 g/mol. The molecule has 1 aliphatic rings. The number of halogens is 1. The van der Waals surface area contributed by atoms with E-state index in [2.05, 4.69) is 0 Å². The minimum atomic E-state index is -3.65. The zero-order valence-corrected chi connectivity index (χ0v) is 18.0. The van der Waals surface area contributed by atoms with Crippen LogP contribution >= 0.6 is 0 Å². The molecule has 1 aliphatic heterocycles. The van der Waals surface area contributed by atoms with Gasteiger partial charge in [-0.05, 0) is 54.3 Å². The highest BCUT2D eigenvalue weighted by Gasteiger charge is 2.49. The average Bonchev–Trinajstić information content (AvgIpc) is 2.77. The highest BCUT2D eigenvalue weighted by molar-refractivity contribution is 7.91. The van der Waals surface area contributed by atoms with Crippen LogP contribution < -0.4 is 4.74 Å². The topological polar surface area (TPSA) is 63.6 Å². The van der Waals surface area contributed by atoms with Gasteiger partial charge in [-0.15, -0.1) is 0 Å². The van der Waals surface area contributed by atoms with Gasteiger partial charge in [0.1, 0.15) is 11.6 Å². The third kappa shape index (κ3) is 4.05. The van der Waals surface area contributed by atoms with Crippen LogP contribution in [0.4, 0.5) is 4.39 Å². The van der Waals surface area contributed by atoms with Gasteiger partial charge < -0.3 is 9.84 Å². The fourth-order valence-electron chi connectivity index (χ4n) is 4.54. The highest BCUT2D eigenvalue weighted by atomic mass is 32.2. The van der Waals surface area contributed by atoms with E-state index in [4.69, 9.17) is 4.74 Å². The van der Waals surface area contributed by atoms with Crippen molar-refractivity contribution in [3.8, 4) is 5.75 Å². The van der Waals surface area contributed by atoms with E-state index < -0.39 is 33.1 Å². The van der Waals surface area contributed by atoms with Crippen molar-refractivity contribution < 1.29 is 22.7 Å². The van der Waals surface area contributed by atoms with Crippen LogP contribution in [-0.2, 0) is 9.84 Å². The maximum atomic E-state index is 14.1. The third-order valence-electron chi connectivity index (χ3n) is 6.25. The van der Waals surface area contributed by atoms with Crippen molar-refractivity contribution in [3.63, 3.8) is 0 Å². The largest absolute Gasteiger partial charge is 0.497 e. The SMILES string of the molecule is CCCCC1(CC)CS(=O)(=O)c2ccc(OC)cc2C(c2cccc(F)c2)C1O. The summed E-state index contributed by atoms with van der Waals surface area (Å²) in [4.78, 5) is 0.193. The number of hydrogen-bond donors (Lipinski definition) is 1. The Kier molecular flexibility index (Phi) is 6.34. The first kappa shape index (κ1) is 21.8. The van der Waals surface area contributed by atoms with Crippen LogP contribution in [0.1, 0.15) is 56.6 Å². The first-order valence-corrected chi connectivity index (χ1v) is 11.8. The lowest BCUT2D eigenvalue weighted by atomic mass is 9.69. The van der Waals surface area contributed by atoms with E-state index in [0.717, 1.165) is 12.8 Å². The van der Waals surface area contributed by atoms with Crippen LogP contribution in [0.2, 0.25) is 0 Å². The Hall–Kier alpha value is -1.92. The summed E-state index contributed by atoms with van der Waals surface area (Å²) in [7, 11) is -2.13. The summed E-state index contributed by atoms with van der Waals surface area (Å²) in [5.74, 6) is -0.695. The standard InChI is InChI=1S/C23H29FO4S/c1-4-6-12-23(5-2)15-29(26,27)20-11-10-18(28-3)14-19(20)21(22(23)25)16-8-7-9-17(24)13-16/h7-11,13-14,21-22,25H,4-6,12,15H2,1-3H3. The quantitative estimate of drug-likeness (QED) is 0.736. The Balaban J connectivity index is 2.31. The molecule has 6 heteroatoms. The van der Waals surface area contributed by atoms with E-state index in [1.807, 2.05) is 13.8 Å². The van der Waals surface area contributed by atoms with Gasteiger partial charge in [0.15, 0.2) is 9.84 Å². The molecule has 0 bridgehead atoms. The summed E-state index contributed by atoms with van der Waals surface area (Å²) in [5, 5.41) is 11.6. The summed E-state index contributed by atoms with van der Waals surface area (Å²) >= 11 is 0. The Bertz CT molecular complexity index is 973. The lowest BCUT2D eigenvalue weighted by Gasteiger charge is -2.39. The zero-order chi connectivity index (χ0) is 21.2. The van der Waals surface area contributed by atoms with Crippen LogP contribution in [0.15, 0.2) is 47.4 Å². The van der Waals surface area contributed by atoms with Crippen molar-refractivity contribution in [3.05, 3.63) is 59.4 Å². The summed E-state index contributed by atoms with van der Waals surface area (Å²) in [6.07, 6.45) is 1.86. The van der Waals surface area contributed by atoms with E-state index in [-0.39, 0.29) is 10.6 Å². The molecule has 158 valence electrons. The molecule has 0 aromatic heterocycles. The molecule has 4 nitrogen and oxygen atoms in total. The van der Waals surface area contributed by atoms with Crippen LogP contribution in [0.25, 0.3) is 0 Å². The summed E-state index contributed by atoms with van der Waals surface area (Å²) < 4.78 is 46.2. The van der Waals surface area contributed by atoms with Crippen molar-refractivity contribution in [1.29, 1.82) is 0 Å². The third-order valence-corrected chi connectivity index (χ3v) is 8.24. The van der Waals surface area contributed by atoms with E-state index in [9.17, 15) is 17.9 Å². The summed E-state index contributed by atoms with van der Waals surface area (Å²) in [6.45, 7) is 3.97. The fraction of sp³-hybridized carbons (Fsp3) is 0.478. The average molecular weight is 421 g/mol. The molecular formula is C23H29FO4S. The molecule has 29 heavy (non-hydrogen) atoms. The maximum Gasteiger partial charge on any atom is 0.179 e. The van der Waals surface area contributed by atoms with Crippen molar-refractivity contribution in [1.82, 2.24) is 0 Å². The molecule has 0 fully saturated rings. The van der Waals surface area contributed by atoms with Crippen LogP contribution in [0.3, 0.4) is 0 Å². The lowest BCUT2D eigenvalue weighted by molar-refractivity contribution is 0.0173. The molecule has 1 N–H and O–H groups in total. The first-order valence-electron chi connectivity index (χ1n) is 10.1. The normalized spacial score (nSPS) is 25.8. The van der Waals surface area contributed by atoms with Crippen LogP contribution in [0.5, 0.6) is 5.75 Å². The van der Waals surface area contributed by atoms with Crippen molar-refractivity contribution in [2.24, 2.45) is 5.41 Å². The smallest absolute Gasteiger partial charge is 0.179 e. The number of methoxy groups -OCH3 is 1. The van der Waals surface area contributed by atoms with E-state index >= 15 is 0 Å². The van der Waals surface area contributed by atoms with Crippen molar-refractivity contribution in [2.45, 2.75) is 56.4 Å². The molecule has 0 amide bonds. The van der Waals surface area contributed by atoms with E-state index in [1.54, 1.807) is 30.3 Å². The number of hydrogen-bond acceptors (Lipinski definition) is 4. The van der Waals surface area contributed by atoms with Crippen molar-refractivity contribution in [2.75, 3.05) is 12.9 Å². The van der Waals surface area contributed by atoms with Gasteiger partial charge in [-0.2, -0.15) is 0 Å². The number of aliphatic hydroxyl groups excluding tert-OH is 1. The molecule has 1 heterocycles. The Morgan fingerprint density at radius 2 is 1.97 bits per heavy atom. The van der Waals surface area contributed by atoms with Gasteiger partial charge in [-0.1, -0.05) is 38.8 Å². The molecule has 0 saturated heterocycles. The molecule has 0 spiro atoms. The Morgan fingerprint density at radius 1 is 1.21 bits per heavy atom. The van der Waals surface area contributed by atoms with Gasteiger partial charge >= 0.3 is 0 Å². The number of fused-ring (bicyclic) bond motifs is 1. The summed E-state index contributed by atoms with van der Waals surface area (Å²) in [6, 6.07) is 10.9. The molecule has 0 aliphatic carbocycles.